The van der Waals surface area contributed by atoms with Crippen molar-refractivity contribution in [2.45, 2.75) is 6.42 Å². The Morgan fingerprint density at radius 3 is 2.64 bits per heavy atom. The summed E-state index contributed by atoms with van der Waals surface area (Å²) in [4.78, 5) is 7.92. The van der Waals surface area contributed by atoms with Crippen molar-refractivity contribution >= 4 is 10.9 Å². The highest BCUT2D eigenvalue weighted by molar-refractivity contribution is 5.83. The lowest BCUT2D eigenvalue weighted by molar-refractivity contribution is 0.871. The quantitative estimate of drug-likeness (QED) is 0.626. The summed E-state index contributed by atoms with van der Waals surface area (Å²) in [6.45, 7) is 0. The number of fused-ring (bicyclic) bond motifs is 1. The molecule has 4 nitrogen and oxygen atoms in total. The van der Waals surface area contributed by atoms with Crippen molar-refractivity contribution in [2.75, 3.05) is 0 Å². The molecule has 22 heavy (non-hydrogen) atoms. The highest BCUT2D eigenvalue weighted by Crippen LogP contribution is 2.20. The molecule has 4 heteroatoms. The molecule has 0 atom stereocenters. The van der Waals surface area contributed by atoms with Gasteiger partial charge in [0.25, 0.3) is 0 Å². The lowest BCUT2D eigenvalue weighted by Crippen LogP contribution is -2.00. The fourth-order valence-electron chi connectivity index (χ4n) is 2.61. The summed E-state index contributed by atoms with van der Waals surface area (Å²) >= 11 is 0. The van der Waals surface area contributed by atoms with Crippen LogP contribution in [0, 0.1) is 0 Å². The highest BCUT2D eigenvalue weighted by atomic mass is 15.1. The Hall–Kier alpha value is -3.01. The minimum Gasteiger partial charge on any atom is -0.361 e. The van der Waals surface area contributed by atoms with Gasteiger partial charge in [0, 0.05) is 29.1 Å². The summed E-state index contributed by atoms with van der Waals surface area (Å²) in [5.41, 5.74) is 4.22. The van der Waals surface area contributed by atoms with Crippen molar-refractivity contribution in [1.29, 1.82) is 0 Å². The monoisotopic (exact) mass is 286 g/mol. The van der Waals surface area contributed by atoms with E-state index in [9.17, 15) is 0 Å². The van der Waals surface area contributed by atoms with Crippen LogP contribution in [-0.2, 0) is 6.42 Å². The largest absolute Gasteiger partial charge is 0.361 e. The van der Waals surface area contributed by atoms with Crippen LogP contribution in [0.2, 0.25) is 0 Å². The van der Waals surface area contributed by atoms with E-state index in [2.05, 4.69) is 32.3 Å². The van der Waals surface area contributed by atoms with Crippen LogP contribution < -0.4 is 0 Å². The van der Waals surface area contributed by atoms with Crippen LogP contribution in [0.15, 0.2) is 67.0 Å². The van der Waals surface area contributed by atoms with Gasteiger partial charge in [-0.1, -0.05) is 48.5 Å². The maximum absolute atomic E-state index is 4.64. The second-order valence-corrected chi connectivity index (χ2v) is 5.16. The van der Waals surface area contributed by atoms with E-state index in [1.165, 1.54) is 10.9 Å². The second kappa shape index (κ2) is 5.41. The second-order valence-electron chi connectivity index (χ2n) is 5.16. The van der Waals surface area contributed by atoms with Crippen molar-refractivity contribution in [2.24, 2.45) is 0 Å². The van der Waals surface area contributed by atoms with Crippen molar-refractivity contribution in [3.63, 3.8) is 0 Å². The average Bonchev–Trinajstić information content (AvgIpc) is 2.99. The molecule has 106 valence electrons. The molecule has 0 aliphatic carbocycles. The predicted molar refractivity (Wildman–Crippen MR) is 86.4 cm³/mol. The normalized spacial score (nSPS) is 10.9. The number of hydrogen-bond acceptors (Lipinski definition) is 3. The smallest absolute Gasteiger partial charge is 0.156 e. The third kappa shape index (κ3) is 2.35. The van der Waals surface area contributed by atoms with E-state index >= 15 is 0 Å². The fraction of sp³-hybridized carbons (Fsp3) is 0.0556. The van der Waals surface area contributed by atoms with E-state index in [1.54, 1.807) is 6.20 Å². The van der Waals surface area contributed by atoms with Crippen LogP contribution in [0.5, 0.6) is 0 Å². The SMILES string of the molecule is c1ccc(-c2cnnc(Cc3c[nH]c4ccccc34)n2)cc1. The summed E-state index contributed by atoms with van der Waals surface area (Å²) < 4.78 is 0. The van der Waals surface area contributed by atoms with Gasteiger partial charge in [0.15, 0.2) is 5.82 Å². The van der Waals surface area contributed by atoms with Gasteiger partial charge in [-0.05, 0) is 11.6 Å². The van der Waals surface area contributed by atoms with Crippen molar-refractivity contribution in [3.8, 4) is 11.3 Å². The van der Waals surface area contributed by atoms with E-state index < -0.39 is 0 Å². The topological polar surface area (TPSA) is 54.5 Å². The Morgan fingerprint density at radius 2 is 1.73 bits per heavy atom. The van der Waals surface area contributed by atoms with Gasteiger partial charge in [0.1, 0.15) is 0 Å². The fourth-order valence-corrected chi connectivity index (χ4v) is 2.61. The van der Waals surface area contributed by atoms with Gasteiger partial charge in [0.2, 0.25) is 0 Å². The first-order valence-electron chi connectivity index (χ1n) is 7.19. The average molecular weight is 286 g/mol. The molecular formula is C18H14N4. The third-order valence-electron chi connectivity index (χ3n) is 3.70. The van der Waals surface area contributed by atoms with Crippen LogP contribution in [0.3, 0.4) is 0 Å². The molecule has 0 saturated carbocycles. The molecule has 4 rings (SSSR count). The summed E-state index contributed by atoms with van der Waals surface area (Å²) in [6.07, 6.45) is 4.38. The number of para-hydroxylation sites is 1. The zero-order valence-corrected chi connectivity index (χ0v) is 11.9. The summed E-state index contributed by atoms with van der Waals surface area (Å²) in [5, 5.41) is 9.48. The Morgan fingerprint density at radius 1 is 0.909 bits per heavy atom. The van der Waals surface area contributed by atoms with E-state index in [0.717, 1.165) is 22.6 Å². The number of nitrogens with zero attached hydrogens (tertiary/aromatic N) is 3. The molecule has 0 spiro atoms. The van der Waals surface area contributed by atoms with E-state index in [0.29, 0.717) is 6.42 Å². The Bertz CT molecular complexity index is 912. The number of nitrogens with one attached hydrogen (secondary N) is 1. The summed E-state index contributed by atoms with van der Waals surface area (Å²) in [7, 11) is 0. The Labute approximate surface area is 127 Å². The van der Waals surface area contributed by atoms with E-state index in [4.69, 9.17) is 0 Å². The molecular weight excluding hydrogens is 272 g/mol. The third-order valence-corrected chi connectivity index (χ3v) is 3.70. The van der Waals surface area contributed by atoms with Crippen LogP contribution >= 0.6 is 0 Å². The van der Waals surface area contributed by atoms with Gasteiger partial charge in [-0.25, -0.2) is 4.98 Å². The zero-order valence-electron chi connectivity index (χ0n) is 11.9. The van der Waals surface area contributed by atoms with Gasteiger partial charge < -0.3 is 4.98 Å². The molecule has 1 N–H and O–H groups in total. The molecule has 0 amide bonds. The molecule has 0 unspecified atom stereocenters. The zero-order chi connectivity index (χ0) is 14.8. The van der Waals surface area contributed by atoms with Crippen molar-refractivity contribution in [3.05, 3.63) is 78.4 Å². The summed E-state index contributed by atoms with van der Waals surface area (Å²) in [6, 6.07) is 18.3. The van der Waals surface area contributed by atoms with E-state index in [-0.39, 0.29) is 0 Å². The molecule has 0 aliphatic heterocycles. The molecule has 0 saturated heterocycles. The van der Waals surface area contributed by atoms with Gasteiger partial charge in [-0.15, -0.1) is 5.10 Å². The number of benzene rings is 2. The van der Waals surface area contributed by atoms with Crippen LogP contribution in [0.25, 0.3) is 22.2 Å². The number of rotatable bonds is 3. The predicted octanol–water partition coefficient (Wildman–Crippen LogP) is 3.61. The van der Waals surface area contributed by atoms with Gasteiger partial charge in [-0.3, -0.25) is 0 Å². The first-order chi connectivity index (χ1) is 10.9. The number of hydrogen-bond donors (Lipinski definition) is 1. The molecule has 2 aromatic heterocycles. The molecule has 0 fully saturated rings. The molecule has 2 heterocycles. The maximum atomic E-state index is 4.64. The van der Waals surface area contributed by atoms with Crippen LogP contribution in [-0.4, -0.2) is 20.2 Å². The molecule has 0 bridgehead atoms. The number of aromatic nitrogens is 4. The standard InChI is InChI=1S/C18H14N4/c1-2-6-13(7-3-1)17-12-20-22-18(21-17)10-14-11-19-16-9-5-4-8-15(14)16/h1-9,11-12,19H,10H2. The lowest BCUT2D eigenvalue weighted by Gasteiger charge is -2.02. The van der Waals surface area contributed by atoms with Crippen molar-refractivity contribution < 1.29 is 0 Å². The van der Waals surface area contributed by atoms with Gasteiger partial charge >= 0.3 is 0 Å². The number of aromatic amines is 1. The molecule has 0 aliphatic rings. The van der Waals surface area contributed by atoms with Gasteiger partial charge in [-0.2, -0.15) is 5.10 Å². The molecule has 4 aromatic rings. The van der Waals surface area contributed by atoms with Crippen LogP contribution in [0.1, 0.15) is 11.4 Å². The number of H-pyrrole nitrogens is 1. The van der Waals surface area contributed by atoms with Crippen LogP contribution in [0.4, 0.5) is 0 Å². The Balaban J connectivity index is 1.69. The summed E-state index contributed by atoms with van der Waals surface area (Å²) in [5.74, 6) is 0.728. The van der Waals surface area contributed by atoms with Crippen molar-refractivity contribution in [1.82, 2.24) is 20.2 Å². The minimum absolute atomic E-state index is 0.664. The first-order valence-corrected chi connectivity index (χ1v) is 7.19. The molecule has 0 radical (unpaired) electrons. The van der Waals surface area contributed by atoms with Gasteiger partial charge in [0.05, 0.1) is 11.9 Å². The Kier molecular flexibility index (Phi) is 3.12. The maximum Gasteiger partial charge on any atom is 0.156 e. The minimum atomic E-state index is 0.664. The van der Waals surface area contributed by atoms with E-state index in [1.807, 2.05) is 48.7 Å². The lowest BCUT2D eigenvalue weighted by atomic mass is 10.1. The molecule has 2 aromatic carbocycles. The highest BCUT2D eigenvalue weighted by Gasteiger charge is 2.08. The first kappa shape index (κ1) is 12.7.